The molecule has 1 N–H and O–H groups in total. The Morgan fingerprint density at radius 1 is 1.30 bits per heavy atom. The number of ether oxygens (including phenoxy) is 2. The third-order valence-electron chi connectivity index (χ3n) is 2.42. The molecule has 0 amide bonds. The van der Waals surface area contributed by atoms with Crippen LogP contribution in [0.25, 0.3) is 6.08 Å². The van der Waals surface area contributed by atoms with E-state index in [0.717, 1.165) is 11.3 Å². The van der Waals surface area contributed by atoms with Crippen LogP contribution < -0.4 is 4.74 Å². The van der Waals surface area contributed by atoms with Crippen LogP contribution in [-0.2, 0) is 9.53 Å². The molecule has 4 nitrogen and oxygen atoms in total. The number of carbonyl (C=O) groups is 1. The average molecular weight is 278 g/mol. The first kappa shape index (κ1) is 16.2. The van der Waals surface area contributed by atoms with E-state index >= 15 is 0 Å². The number of methoxy groups -OCH3 is 1. The summed E-state index contributed by atoms with van der Waals surface area (Å²) >= 11 is 0. The maximum absolute atomic E-state index is 11.5. The van der Waals surface area contributed by atoms with Gasteiger partial charge in [0.25, 0.3) is 0 Å². The Kier molecular flexibility index (Phi) is 5.77. The summed E-state index contributed by atoms with van der Waals surface area (Å²) in [4.78, 5) is 11.5. The number of hydrogen-bond donors (Lipinski definition) is 1. The fourth-order valence-electron chi connectivity index (χ4n) is 1.56. The smallest absolute Gasteiger partial charge is 0.309 e. The minimum Gasteiger partial charge on any atom is -0.497 e. The molecule has 0 aromatic heterocycles. The number of aliphatic hydroxyl groups is 1. The minimum atomic E-state index is -0.855. The van der Waals surface area contributed by atoms with Crippen LogP contribution in [0, 0.1) is 0 Å². The Balaban J connectivity index is 2.50. The van der Waals surface area contributed by atoms with Gasteiger partial charge in [-0.1, -0.05) is 24.3 Å². The molecular formula is C16H22O4. The van der Waals surface area contributed by atoms with Crippen molar-refractivity contribution < 1.29 is 19.4 Å². The van der Waals surface area contributed by atoms with Gasteiger partial charge < -0.3 is 14.6 Å². The van der Waals surface area contributed by atoms with Gasteiger partial charge in [0, 0.05) is 0 Å². The molecule has 0 heterocycles. The maximum Gasteiger partial charge on any atom is 0.309 e. The van der Waals surface area contributed by atoms with Crippen molar-refractivity contribution in [1.29, 1.82) is 0 Å². The zero-order valence-electron chi connectivity index (χ0n) is 12.4. The van der Waals surface area contributed by atoms with Crippen LogP contribution in [0.5, 0.6) is 5.75 Å². The number of hydrogen-bond acceptors (Lipinski definition) is 4. The van der Waals surface area contributed by atoms with Gasteiger partial charge in [-0.25, -0.2) is 0 Å². The Morgan fingerprint density at radius 3 is 2.40 bits per heavy atom. The van der Waals surface area contributed by atoms with Gasteiger partial charge in [-0.15, -0.1) is 0 Å². The first-order valence-electron chi connectivity index (χ1n) is 6.52. The number of esters is 1. The largest absolute Gasteiger partial charge is 0.497 e. The van der Waals surface area contributed by atoms with E-state index in [0.29, 0.717) is 0 Å². The van der Waals surface area contributed by atoms with Crippen LogP contribution in [0.4, 0.5) is 0 Å². The second kappa shape index (κ2) is 7.10. The van der Waals surface area contributed by atoms with Crippen molar-refractivity contribution in [2.24, 2.45) is 0 Å². The fourth-order valence-corrected chi connectivity index (χ4v) is 1.56. The zero-order chi connectivity index (χ0) is 15.2. The topological polar surface area (TPSA) is 55.8 Å². The van der Waals surface area contributed by atoms with E-state index in [1.54, 1.807) is 40.0 Å². The molecule has 0 radical (unpaired) electrons. The van der Waals surface area contributed by atoms with Gasteiger partial charge in [0.2, 0.25) is 0 Å². The minimum absolute atomic E-state index is 0.0517. The highest BCUT2D eigenvalue weighted by Gasteiger charge is 2.17. The summed E-state index contributed by atoms with van der Waals surface area (Å²) in [5, 5.41) is 9.77. The van der Waals surface area contributed by atoms with Crippen LogP contribution in [-0.4, -0.2) is 29.9 Å². The van der Waals surface area contributed by atoms with Crippen molar-refractivity contribution in [2.45, 2.75) is 38.9 Å². The van der Waals surface area contributed by atoms with Gasteiger partial charge in [0.15, 0.2) is 0 Å². The summed E-state index contributed by atoms with van der Waals surface area (Å²) in [5.41, 5.74) is 0.394. The molecule has 0 aliphatic rings. The van der Waals surface area contributed by atoms with E-state index in [1.165, 1.54) is 0 Å². The Hall–Kier alpha value is -1.81. The van der Waals surface area contributed by atoms with Gasteiger partial charge in [0.1, 0.15) is 11.4 Å². The highest BCUT2D eigenvalue weighted by Crippen LogP contribution is 2.13. The van der Waals surface area contributed by atoms with Crippen molar-refractivity contribution in [3.8, 4) is 5.75 Å². The number of rotatable bonds is 5. The van der Waals surface area contributed by atoms with Gasteiger partial charge in [-0.2, -0.15) is 0 Å². The molecule has 0 spiro atoms. The van der Waals surface area contributed by atoms with Crippen molar-refractivity contribution in [3.63, 3.8) is 0 Å². The lowest BCUT2D eigenvalue weighted by Crippen LogP contribution is -2.26. The number of carbonyl (C=O) groups excluding carboxylic acids is 1. The second-order valence-electron chi connectivity index (χ2n) is 5.49. The van der Waals surface area contributed by atoms with Crippen molar-refractivity contribution in [2.75, 3.05) is 7.11 Å². The quantitative estimate of drug-likeness (QED) is 0.841. The summed E-state index contributed by atoms with van der Waals surface area (Å²) in [6.45, 7) is 5.39. The van der Waals surface area contributed by atoms with Crippen LogP contribution in [0.15, 0.2) is 30.3 Å². The summed E-state index contributed by atoms with van der Waals surface area (Å²) in [7, 11) is 1.61. The van der Waals surface area contributed by atoms with E-state index < -0.39 is 17.7 Å². The van der Waals surface area contributed by atoms with Crippen LogP contribution in [0.1, 0.15) is 32.8 Å². The molecule has 0 saturated carbocycles. The standard InChI is InChI=1S/C16H22O4/c1-16(2,3)20-15(18)11-13(17)8-5-12-6-9-14(19-4)10-7-12/h5-10,13,17H,11H2,1-4H3/b8-5+/t13-/m0/s1. The van der Waals surface area contributed by atoms with Gasteiger partial charge in [-0.05, 0) is 38.5 Å². The summed E-state index contributed by atoms with van der Waals surface area (Å²) in [6, 6.07) is 7.41. The van der Waals surface area contributed by atoms with E-state index in [-0.39, 0.29) is 6.42 Å². The molecule has 1 aromatic carbocycles. The third kappa shape index (κ3) is 6.38. The summed E-state index contributed by atoms with van der Waals surface area (Å²) in [5.74, 6) is 0.362. The Morgan fingerprint density at radius 2 is 1.90 bits per heavy atom. The molecule has 1 atom stereocenters. The maximum atomic E-state index is 11.5. The molecule has 0 bridgehead atoms. The first-order valence-corrected chi connectivity index (χ1v) is 6.52. The second-order valence-corrected chi connectivity index (χ2v) is 5.49. The van der Waals surface area contributed by atoms with Crippen LogP contribution in [0.2, 0.25) is 0 Å². The lowest BCUT2D eigenvalue weighted by atomic mass is 10.1. The van der Waals surface area contributed by atoms with E-state index in [9.17, 15) is 9.90 Å². The summed E-state index contributed by atoms with van der Waals surface area (Å²) < 4.78 is 10.2. The number of benzene rings is 1. The van der Waals surface area contributed by atoms with Crippen molar-refractivity contribution >= 4 is 12.0 Å². The molecule has 0 unspecified atom stereocenters. The predicted molar refractivity (Wildman–Crippen MR) is 78.5 cm³/mol. The molecular weight excluding hydrogens is 256 g/mol. The monoisotopic (exact) mass is 278 g/mol. The molecule has 110 valence electrons. The number of aliphatic hydroxyl groups excluding tert-OH is 1. The average Bonchev–Trinajstić information content (AvgIpc) is 2.34. The van der Waals surface area contributed by atoms with Crippen molar-refractivity contribution in [1.82, 2.24) is 0 Å². The Labute approximate surface area is 120 Å². The molecule has 0 aliphatic heterocycles. The summed E-state index contributed by atoms with van der Waals surface area (Å²) in [6.07, 6.45) is 2.43. The highest BCUT2D eigenvalue weighted by atomic mass is 16.6. The molecule has 1 aromatic rings. The SMILES string of the molecule is COc1ccc(/C=C/[C@H](O)CC(=O)OC(C)(C)C)cc1. The lowest BCUT2D eigenvalue weighted by Gasteiger charge is -2.20. The van der Waals surface area contributed by atoms with Crippen LogP contribution >= 0.6 is 0 Å². The van der Waals surface area contributed by atoms with Gasteiger partial charge >= 0.3 is 5.97 Å². The van der Waals surface area contributed by atoms with E-state index in [2.05, 4.69) is 0 Å². The molecule has 0 aliphatic carbocycles. The Bertz CT molecular complexity index is 454. The third-order valence-corrected chi connectivity index (χ3v) is 2.42. The molecule has 0 saturated heterocycles. The van der Waals surface area contributed by atoms with Gasteiger partial charge in [0.05, 0.1) is 19.6 Å². The molecule has 4 heteroatoms. The van der Waals surface area contributed by atoms with Gasteiger partial charge in [-0.3, -0.25) is 4.79 Å². The normalized spacial score (nSPS) is 13.2. The van der Waals surface area contributed by atoms with Crippen LogP contribution in [0.3, 0.4) is 0 Å². The zero-order valence-corrected chi connectivity index (χ0v) is 12.4. The molecule has 1 rings (SSSR count). The highest BCUT2D eigenvalue weighted by molar-refractivity contribution is 5.71. The first-order chi connectivity index (χ1) is 9.30. The molecule has 20 heavy (non-hydrogen) atoms. The lowest BCUT2D eigenvalue weighted by molar-refractivity contribution is -0.156. The van der Waals surface area contributed by atoms with Crippen molar-refractivity contribution in [3.05, 3.63) is 35.9 Å². The van der Waals surface area contributed by atoms with E-state index in [1.807, 2.05) is 24.3 Å². The fraction of sp³-hybridized carbons (Fsp3) is 0.438. The predicted octanol–water partition coefficient (Wildman–Crippen LogP) is 2.80. The van der Waals surface area contributed by atoms with E-state index in [4.69, 9.17) is 9.47 Å². The molecule has 0 fully saturated rings.